The van der Waals surface area contributed by atoms with Crippen molar-refractivity contribution in [2.24, 2.45) is 0 Å². The van der Waals surface area contributed by atoms with Crippen molar-refractivity contribution in [1.29, 1.82) is 0 Å². The van der Waals surface area contributed by atoms with Crippen molar-refractivity contribution in [3.8, 4) is 0 Å². The number of thioether (sulfide) groups is 1. The van der Waals surface area contributed by atoms with Crippen molar-refractivity contribution in [2.45, 2.75) is 30.9 Å². The summed E-state index contributed by atoms with van der Waals surface area (Å²) in [4.78, 5) is 34.9. The van der Waals surface area contributed by atoms with Gasteiger partial charge in [-0.15, -0.1) is 0 Å². The van der Waals surface area contributed by atoms with Crippen molar-refractivity contribution in [3.05, 3.63) is 55.5 Å². The first-order valence-electron chi connectivity index (χ1n) is 9.90. The lowest BCUT2D eigenvalue weighted by atomic mass is 10.2. The van der Waals surface area contributed by atoms with Gasteiger partial charge in [-0.3, -0.25) is 14.4 Å². The fourth-order valence-electron chi connectivity index (χ4n) is 2.69. The Morgan fingerprint density at radius 2 is 1.19 bits per heavy atom. The van der Waals surface area contributed by atoms with Crippen molar-refractivity contribution in [2.75, 3.05) is 23.9 Å². The molecule has 0 radical (unpaired) electrons. The van der Waals surface area contributed by atoms with Crippen molar-refractivity contribution < 1.29 is 31.9 Å². The minimum atomic E-state index is -3.15. The van der Waals surface area contributed by atoms with Gasteiger partial charge in [0.15, 0.2) is 5.12 Å². The first-order valence-corrected chi connectivity index (χ1v) is 13.5. The fraction of sp³-hybridized carbons (Fsp3) is 0.318. The predicted molar refractivity (Wildman–Crippen MR) is 146 cm³/mol. The maximum Gasteiger partial charge on any atom is 0.316 e. The van der Waals surface area contributed by atoms with E-state index < -0.39 is 24.7 Å². The summed E-state index contributed by atoms with van der Waals surface area (Å²) in [5.74, 6) is -2.47. The van der Waals surface area contributed by atoms with Gasteiger partial charge in [0.05, 0.1) is 31.5 Å². The molecule has 15 heteroatoms. The molecular formula is C22H19BrCl4F4N2O3S. The summed E-state index contributed by atoms with van der Waals surface area (Å²) >= 11 is 28.1. The number of hydrogen-bond acceptors (Lipinski definition) is 4. The molecule has 2 aromatic carbocycles. The lowest BCUT2D eigenvalue weighted by Gasteiger charge is -2.21. The van der Waals surface area contributed by atoms with Gasteiger partial charge in [0.2, 0.25) is 0 Å². The van der Waals surface area contributed by atoms with Crippen LogP contribution in [0, 0.1) is 0 Å². The monoisotopic (exact) mass is 686 g/mol. The van der Waals surface area contributed by atoms with Crippen LogP contribution in [-0.4, -0.2) is 43.9 Å². The summed E-state index contributed by atoms with van der Waals surface area (Å²) in [5.41, 5.74) is 1.32. The number of hydrogen-bond donors (Lipinski definition) is 0. The van der Waals surface area contributed by atoms with Gasteiger partial charge in [0, 0.05) is 32.1 Å². The summed E-state index contributed by atoms with van der Waals surface area (Å²) < 4.78 is 49.6. The average Bonchev–Trinajstić information content (AvgIpc) is 2.82. The SMILES string of the molecule is CC(=O)SCc1ccc(Cl)c(N(C)C(=O)C(F)F)c1Cl.CN(C(=O)C(F)F)c1c(Cl)ccc(CBr)c1Cl. The van der Waals surface area contributed by atoms with Crippen molar-refractivity contribution in [3.63, 3.8) is 0 Å². The van der Waals surface area contributed by atoms with Crippen LogP contribution in [0.15, 0.2) is 24.3 Å². The highest BCUT2D eigenvalue weighted by Crippen LogP contribution is 2.38. The zero-order chi connectivity index (χ0) is 28.6. The van der Waals surface area contributed by atoms with E-state index in [0.29, 0.717) is 16.5 Å². The molecule has 0 aliphatic rings. The Morgan fingerprint density at radius 3 is 1.54 bits per heavy atom. The number of amides is 2. The van der Waals surface area contributed by atoms with Crippen molar-refractivity contribution in [1.82, 2.24) is 0 Å². The number of anilines is 2. The fourth-order valence-corrected chi connectivity index (χ4v) is 5.38. The van der Waals surface area contributed by atoms with Gasteiger partial charge in [0.1, 0.15) is 0 Å². The molecule has 0 spiro atoms. The van der Waals surface area contributed by atoms with E-state index >= 15 is 0 Å². The average molecular weight is 689 g/mol. The van der Waals surface area contributed by atoms with E-state index in [-0.39, 0.29) is 42.3 Å². The molecule has 0 atom stereocenters. The first-order chi connectivity index (χ1) is 17.1. The smallest absolute Gasteiger partial charge is 0.308 e. The quantitative estimate of drug-likeness (QED) is 0.218. The predicted octanol–water partition coefficient (Wildman–Crippen LogP) is 8.12. The van der Waals surface area contributed by atoms with Crippen LogP contribution in [0.2, 0.25) is 20.1 Å². The Hall–Kier alpha value is -1.24. The van der Waals surface area contributed by atoms with E-state index in [9.17, 15) is 31.9 Å². The third-order valence-corrected chi connectivity index (χ3v) is 7.49. The van der Waals surface area contributed by atoms with Crippen LogP contribution < -0.4 is 9.80 Å². The van der Waals surface area contributed by atoms with Crippen molar-refractivity contribution >= 4 is 102 Å². The molecule has 2 aromatic rings. The van der Waals surface area contributed by atoms with Gasteiger partial charge in [0.25, 0.3) is 11.8 Å². The van der Waals surface area contributed by atoms with E-state index in [4.69, 9.17) is 46.4 Å². The van der Waals surface area contributed by atoms with Crippen LogP contribution in [0.3, 0.4) is 0 Å². The molecule has 0 saturated carbocycles. The van der Waals surface area contributed by atoms with Crippen LogP contribution in [0.5, 0.6) is 0 Å². The van der Waals surface area contributed by atoms with Crippen LogP contribution in [-0.2, 0) is 25.5 Å². The molecule has 0 saturated heterocycles. The summed E-state index contributed by atoms with van der Waals surface area (Å²) in [6.45, 7) is 1.40. The summed E-state index contributed by atoms with van der Waals surface area (Å²) in [7, 11) is 2.38. The Kier molecular flexibility index (Phi) is 14.0. The first kappa shape index (κ1) is 33.8. The number of benzene rings is 2. The third kappa shape index (κ3) is 9.18. The number of alkyl halides is 5. The molecule has 2 amide bonds. The Morgan fingerprint density at radius 1 is 0.811 bits per heavy atom. The molecule has 0 aliphatic heterocycles. The number of halogens is 9. The number of carbonyl (C=O) groups excluding carboxylic acids is 3. The van der Waals surface area contributed by atoms with Crippen LogP contribution in [0.4, 0.5) is 28.9 Å². The highest BCUT2D eigenvalue weighted by atomic mass is 79.9. The van der Waals surface area contributed by atoms with E-state index in [1.54, 1.807) is 12.1 Å². The molecule has 2 rings (SSSR count). The van der Waals surface area contributed by atoms with E-state index in [1.165, 1.54) is 33.2 Å². The van der Waals surface area contributed by atoms with Gasteiger partial charge in [-0.2, -0.15) is 17.6 Å². The topological polar surface area (TPSA) is 57.7 Å². The maximum atomic E-state index is 12.5. The summed E-state index contributed by atoms with van der Waals surface area (Å²) in [6.07, 6.45) is -6.25. The molecular weight excluding hydrogens is 670 g/mol. The highest BCUT2D eigenvalue weighted by molar-refractivity contribution is 9.08. The van der Waals surface area contributed by atoms with Crippen LogP contribution in [0.1, 0.15) is 18.1 Å². The molecule has 0 fully saturated rings. The zero-order valence-corrected chi connectivity index (χ0v) is 24.7. The van der Waals surface area contributed by atoms with Gasteiger partial charge in [-0.25, -0.2) is 0 Å². The second-order valence-electron chi connectivity index (χ2n) is 7.05. The van der Waals surface area contributed by atoms with Crippen LogP contribution in [0.25, 0.3) is 0 Å². The van der Waals surface area contributed by atoms with Gasteiger partial charge < -0.3 is 9.80 Å². The van der Waals surface area contributed by atoms with Gasteiger partial charge >= 0.3 is 12.9 Å². The minimum absolute atomic E-state index is 0.0142. The molecule has 0 bridgehead atoms. The molecule has 37 heavy (non-hydrogen) atoms. The Balaban J connectivity index is 0.000000375. The van der Waals surface area contributed by atoms with E-state index in [1.807, 2.05) is 0 Å². The van der Waals surface area contributed by atoms with E-state index in [2.05, 4.69) is 15.9 Å². The maximum absolute atomic E-state index is 12.5. The Labute approximate surface area is 243 Å². The van der Waals surface area contributed by atoms with E-state index in [0.717, 1.165) is 21.6 Å². The normalized spacial score (nSPS) is 10.8. The minimum Gasteiger partial charge on any atom is -0.308 e. The highest BCUT2D eigenvalue weighted by Gasteiger charge is 2.26. The zero-order valence-electron chi connectivity index (χ0n) is 19.3. The lowest BCUT2D eigenvalue weighted by Crippen LogP contribution is -2.32. The molecule has 0 heterocycles. The molecule has 204 valence electrons. The standard InChI is InChI=1S/C12H11Cl2F2NO2S.C10H8BrCl2F2NO/c1-6(18)20-5-7-3-4-8(13)10(9(7)14)17(2)12(19)11(15)16;1-16(10(17)9(14)15)8-6(12)3-2-5(4-11)7(8)13/h3-4,11H,5H2,1-2H3;2-3,9H,4H2,1H3. The van der Waals surface area contributed by atoms with Crippen LogP contribution >= 0.6 is 74.1 Å². The second-order valence-corrected chi connectivity index (χ2v) is 10.3. The molecule has 0 N–H and O–H groups in total. The summed E-state index contributed by atoms with van der Waals surface area (Å²) in [5, 5.41) is 0.842. The number of carbonyl (C=O) groups is 3. The number of rotatable bonds is 7. The number of nitrogens with zero attached hydrogens (tertiary/aromatic N) is 2. The second kappa shape index (κ2) is 15.4. The van der Waals surface area contributed by atoms with Gasteiger partial charge in [-0.05, 0) is 23.3 Å². The lowest BCUT2D eigenvalue weighted by molar-refractivity contribution is -0.129. The molecule has 0 unspecified atom stereocenters. The third-order valence-electron chi connectivity index (χ3n) is 4.57. The molecule has 0 aliphatic carbocycles. The molecule has 5 nitrogen and oxygen atoms in total. The summed E-state index contributed by atoms with van der Waals surface area (Å²) in [6, 6.07) is 6.21. The Bertz CT molecular complexity index is 1160. The molecule has 0 aromatic heterocycles. The van der Waals surface area contributed by atoms with Gasteiger partial charge in [-0.1, -0.05) is 86.2 Å². The largest absolute Gasteiger partial charge is 0.316 e.